The first-order valence-corrected chi connectivity index (χ1v) is 4.52. The van der Waals surface area contributed by atoms with Gasteiger partial charge in [0.15, 0.2) is 0 Å². The van der Waals surface area contributed by atoms with Crippen LogP contribution in [0.4, 0.5) is 0 Å². The summed E-state index contributed by atoms with van der Waals surface area (Å²) in [4.78, 5) is 11.7. The lowest BCUT2D eigenvalue weighted by molar-refractivity contribution is 1.22. The molecule has 0 amide bonds. The van der Waals surface area contributed by atoms with Crippen molar-refractivity contribution >= 4 is 21.8 Å². The molecule has 3 rings (SSSR count). The van der Waals surface area contributed by atoms with E-state index in [1.54, 1.807) is 6.20 Å². The standard InChI is InChI=1S/C11H9N3/c1-7-4-11-9(6-13-7)8-5-12-3-2-10(8)14-11/h2-6,14H,1H3. The van der Waals surface area contributed by atoms with Crippen molar-refractivity contribution in [2.45, 2.75) is 6.92 Å². The minimum Gasteiger partial charge on any atom is -0.354 e. The number of H-pyrrole nitrogens is 1. The molecule has 3 aromatic rings. The Balaban J connectivity index is 2.57. The monoisotopic (exact) mass is 183 g/mol. The molecule has 14 heavy (non-hydrogen) atoms. The zero-order valence-electron chi connectivity index (χ0n) is 7.78. The molecule has 3 nitrogen and oxygen atoms in total. The van der Waals surface area contributed by atoms with Crippen LogP contribution in [0.25, 0.3) is 21.8 Å². The molecule has 0 bridgehead atoms. The smallest absolute Gasteiger partial charge is 0.0499 e. The third kappa shape index (κ3) is 0.923. The summed E-state index contributed by atoms with van der Waals surface area (Å²) in [7, 11) is 0. The van der Waals surface area contributed by atoms with Gasteiger partial charge in [0.2, 0.25) is 0 Å². The quantitative estimate of drug-likeness (QED) is 0.581. The van der Waals surface area contributed by atoms with Crippen molar-refractivity contribution in [1.29, 1.82) is 0 Å². The van der Waals surface area contributed by atoms with Gasteiger partial charge in [-0.15, -0.1) is 0 Å². The Bertz CT molecular complexity index is 610. The fourth-order valence-corrected chi connectivity index (χ4v) is 1.74. The van der Waals surface area contributed by atoms with Gasteiger partial charge >= 0.3 is 0 Å². The van der Waals surface area contributed by atoms with Gasteiger partial charge in [-0.05, 0) is 19.1 Å². The van der Waals surface area contributed by atoms with Gasteiger partial charge in [0, 0.05) is 46.1 Å². The fourth-order valence-electron chi connectivity index (χ4n) is 1.74. The largest absolute Gasteiger partial charge is 0.354 e. The molecule has 3 heteroatoms. The van der Waals surface area contributed by atoms with E-state index in [2.05, 4.69) is 21.0 Å². The molecule has 0 saturated heterocycles. The fraction of sp³-hybridized carbons (Fsp3) is 0.0909. The summed E-state index contributed by atoms with van der Waals surface area (Å²) in [5.41, 5.74) is 3.26. The van der Waals surface area contributed by atoms with Crippen LogP contribution in [0.3, 0.4) is 0 Å². The van der Waals surface area contributed by atoms with E-state index in [1.807, 2.05) is 25.4 Å². The Kier molecular flexibility index (Phi) is 1.36. The van der Waals surface area contributed by atoms with E-state index in [1.165, 1.54) is 0 Å². The van der Waals surface area contributed by atoms with Crippen LogP contribution in [0.1, 0.15) is 5.69 Å². The summed E-state index contributed by atoms with van der Waals surface area (Å²) in [5.74, 6) is 0. The second-order valence-electron chi connectivity index (χ2n) is 3.42. The number of pyridine rings is 2. The maximum atomic E-state index is 4.28. The molecule has 68 valence electrons. The topological polar surface area (TPSA) is 41.6 Å². The molecular weight excluding hydrogens is 174 g/mol. The van der Waals surface area contributed by atoms with Crippen molar-refractivity contribution in [3.8, 4) is 0 Å². The predicted octanol–water partition coefficient (Wildman–Crippen LogP) is 2.42. The molecule has 0 aromatic carbocycles. The lowest BCUT2D eigenvalue weighted by Gasteiger charge is -1.91. The van der Waals surface area contributed by atoms with Crippen LogP contribution in [-0.4, -0.2) is 15.0 Å². The first-order chi connectivity index (χ1) is 6.84. The number of aromatic amines is 1. The molecule has 0 saturated carbocycles. The highest BCUT2D eigenvalue weighted by Gasteiger charge is 2.03. The Labute approximate surface area is 80.8 Å². The van der Waals surface area contributed by atoms with E-state index < -0.39 is 0 Å². The van der Waals surface area contributed by atoms with Gasteiger partial charge in [-0.1, -0.05) is 0 Å². The zero-order chi connectivity index (χ0) is 9.54. The average molecular weight is 183 g/mol. The van der Waals surface area contributed by atoms with Gasteiger partial charge in [-0.25, -0.2) is 0 Å². The lowest BCUT2D eigenvalue weighted by Crippen LogP contribution is -1.78. The third-order valence-corrected chi connectivity index (χ3v) is 2.42. The zero-order valence-corrected chi connectivity index (χ0v) is 7.78. The molecule has 1 N–H and O–H groups in total. The third-order valence-electron chi connectivity index (χ3n) is 2.42. The molecule has 0 aliphatic rings. The highest BCUT2D eigenvalue weighted by Crippen LogP contribution is 2.23. The van der Waals surface area contributed by atoms with Crippen LogP contribution >= 0.6 is 0 Å². The second-order valence-corrected chi connectivity index (χ2v) is 3.42. The molecule has 0 fully saturated rings. The number of hydrogen-bond donors (Lipinski definition) is 1. The summed E-state index contributed by atoms with van der Waals surface area (Å²) in [6.07, 6.45) is 5.55. The van der Waals surface area contributed by atoms with Crippen molar-refractivity contribution in [1.82, 2.24) is 15.0 Å². The molecular formula is C11H9N3. The Morgan fingerprint density at radius 2 is 2.00 bits per heavy atom. The minimum atomic E-state index is 1.03. The number of nitrogens with zero attached hydrogens (tertiary/aromatic N) is 2. The summed E-state index contributed by atoms with van der Waals surface area (Å²) < 4.78 is 0. The maximum Gasteiger partial charge on any atom is 0.0499 e. The molecule has 3 heterocycles. The van der Waals surface area contributed by atoms with E-state index >= 15 is 0 Å². The summed E-state index contributed by atoms with van der Waals surface area (Å²) in [6, 6.07) is 4.03. The Morgan fingerprint density at radius 3 is 2.93 bits per heavy atom. The molecule has 0 aliphatic carbocycles. The van der Waals surface area contributed by atoms with Crippen LogP contribution in [0.15, 0.2) is 30.7 Å². The molecule has 0 aliphatic heterocycles. The number of nitrogens with one attached hydrogen (secondary N) is 1. The van der Waals surface area contributed by atoms with Crippen molar-refractivity contribution in [2.75, 3.05) is 0 Å². The number of hydrogen-bond acceptors (Lipinski definition) is 2. The Morgan fingerprint density at radius 1 is 1.14 bits per heavy atom. The molecule has 0 spiro atoms. The normalized spacial score (nSPS) is 11.2. The van der Waals surface area contributed by atoms with E-state index in [-0.39, 0.29) is 0 Å². The molecule has 0 atom stereocenters. The first-order valence-electron chi connectivity index (χ1n) is 4.52. The maximum absolute atomic E-state index is 4.28. The molecule has 0 unspecified atom stereocenters. The van der Waals surface area contributed by atoms with E-state index in [0.717, 1.165) is 27.5 Å². The van der Waals surface area contributed by atoms with Gasteiger partial charge in [0.05, 0.1) is 0 Å². The number of fused-ring (bicyclic) bond motifs is 3. The molecule has 3 aromatic heterocycles. The summed E-state index contributed by atoms with van der Waals surface area (Å²) >= 11 is 0. The molecule has 0 radical (unpaired) electrons. The van der Waals surface area contributed by atoms with Crippen molar-refractivity contribution in [3.63, 3.8) is 0 Å². The van der Waals surface area contributed by atoms with Gasteiger partial charge < -0.3 is 4.98 Å². The second kappa shape index (κ2) is 2.54. The van der Waals surface area contributed by atoms with Crippen LogP contribution in [0.5, 0.6) is 0 Å². The van der Waals surface area contributed by atoms with Gasteiger partial charge in [-0.3, -0.25) is 9.97 Å². The predicted molar refractivity (Wildman–Crippen MR) is 56.1 cm³/mol. The van der Waals surface area contributed by atoms with Crippen molar-refractivity contribution in [2.24, 2.45) is 0 Å². The van der Waals surface area contributed by atoms with Gasteiger partial charge in [0.25, 0.3) is 0 Å². The number of aryl methyl sites for hydroxylation is 1. The number of aromatic nitrogens is 3. The van der Waals surface area contributed by atoms with Crippen LogP contribution in [0, 0.1) is 6.92 Å². The van der Waals surface area contributed by atoms with Gasteiger partial charge in [-0.2, -0.15) is 0 Å². The van der Waals surface area contributed by atoms with E-state index in [0.29, 0.717) is 0 Å². The highest BCUT2D eigenvalue weighted by molar-refractivity contribution is 6.06. The average Bonchev–Trinajstić information content (AvgIpc) is 2.54. The van der Waals surface area contributed by atoms with Crippen LogP contribution in [0.2, 0.25) is 0 Å². The highest BCUT2D eigenvalue weighted by atomic mass is 14.8. The summed E-state index contributed by atoms with van der Waals surface area (Å²) in [6.45, 7) is 1.99. The lowest BCUT2D eigenvalue weighted by atomic mass is 10.2. The van der Waals surface area contributed by atoms with E-state index in [4.69, 9.17) is 0 Å². The van der Waals surface area contributed by atoms with Crippen LogP contribution < -0.4 is 0 Å². The number of rotatable bonds is 0. The first kappa shape index (κ1) is 7.50. The minimum absolute atomic E-state index is 1.03. The summed E-state index contributed by atoms with van der Waals surface area (Å²) in [5, 5.41) is 2.27. The van der Waals surface area contributed by atoms with Crippen molar-refractivity contribution < 1.29 is 0 Å². The van der Waals surface area contributed by atoms with Gasteiger partial charge in [0.1, 0.15) is 0 Å². The van der Waals surface area contributed by atoms with Crippen molar-refractivity contribution in [3.05, 3.63) is 36.4 Å². The SMILES string of the molecule is Cc1cc2[nH]c3ccncc3c2cn1. The van der Waals surface area contributed by atoms with Crippen LogP contribution in [-0.2, 0) is 0 Å². The van der Waals surface area contributed by atoms with E-state index in [9.17, 15) is 0 Å². The Hall–Kier alpha value is -1.90.